The molecule has 102 valence electrons. The molecule has 0 N–H and O–H groups in total. The molecule has 20 heavy (non-hydrogen) atoms. The lowest BCUT2D eigenvalue weighted by atomic mass is 9.99. The third kappa shape index (κ3) is 2.11. The predicted octanol–water partition coefficient (Wildman–Crippen LogP) is 3.91. The van der Waals surface area contributed by atoms with Crippen molar-refractivity contribution in [2.24, 2.45) is 5.92 Å². The van der Waals surface area contributed by atoms with Crippen molar-refractivity contribution >= 4 is 11.6 Å². The zero-order valence-electron chi connectivity index (χ0n) is 11.9. The van der Waals surface area contributed by atoms with Crippen LogP contribution < -0.4 is 4.90 Å². The maximum Gasteiger partial charge on any atom is 0.258 e. The van der Waals surface area contributed by atoms with Crippen LogP contribution in [0.4, 0.5) is 5.69 Å². The van der Waals surface area contributed by atoms with Gasteiger partial charge in [0.1, 0.15) is 0 Å². The Morgan fingerprint density at radius 2 is 1.70 bits per heavy atom. The molecule has 0 spiro atoms. The van der Waals surface area contributed by atoms with Gasteiger partial charge in [0.25, 0.3) is 5.91 Å². The van der Waals surface area contributed by atoms with Gasteiger partial charge in [0.05, 0.1) is 0 Å². The Hall–Kier alpha value is -2.09. The van der Waals surface area contributed by atoms with Crippen molar-refractivity contribution < 1.29 is 4.79 Å². The fourth-order valence-electron chi connectivity index (χ4n) is 2.93. The van der Waals surface area contributed by atoms with Gasteiger partial charge >= 0.3 is 0 Å². The van der Waals surface area contributed by atoms with Crippen molar-refractivity contribution in [1.82, 2.24) is 0 Å². The monoisotopic (exact) mass is 265 g/mol. The highest BCUT2D eigenvalue weighted by molar-refractivity contribution is 6.07. The molecular formula is C18H19NO. The summed E-state index contributed by atoms with van der Waals surface area (Å²) in [7, 11) is 0. The lowest BCUT2D eigenvalue weighted by Gasteiger charge is -2.28. The molecule has 3 rings (SSSR count). The van der Waals surface area contributed by atoms with Gasteiger partial charge in [-0.25, -0.2) is 0 Å². The highest BCUT2D eigenvalue weighted by atomic mass is 16.2. The van der Waals surface area contributed by atoms with Crippen LogP contribution in [0, 0.1) is 5.92 Å². The first-order valence-electron chi connectivity index (χ1n) is 7.15. The summed E-state index contributed by atoms with van der Waals surface area (Å²) in [5.41, 5.74) is 3.10. The van der Waals surface area contributed by atoms with Gasteiger partial charge in [-0.3, -0.25) is 4.79 Å². The Morgan fingerprint density at radius 1 is 1.05 bits per heavy atom. The molecule has 0 saturated heterocycles. The minimum Gasteiger partial charge on any atom is -0.304 e. The van der Waals surface area contributed by atoms with Gasteiger partial charge in [-0.15, -0.1) is 0 Å². The van der Waals surface area contributed by atoms with Crippen LogP contribution in [0.3, 0.4) is 0 Å². The van der Waals surface area contributed by atoms with Crippen LogP contribution in [-0.2, 0) is 6.42 Å². The second-order valence-corrected chi connectivity index (χ2v) is 5.69. The molecule has 0 aromatic heterocycles. The van der Waals surface area contributed by atoms with E-state index in [2.05, 4.69) is 26.0 Å². The van der Waals surface area contributed by atoms with E-state index in [9.17, 15) is 4.79 Å². The van der Waals surface area contributed by atoms with E-state index in [4.69, 9.17) is 0 Å². The minimum absolute atomic E-state index is 0.106. The van der Waals surface area contributed by atoms with Crippen LogP contribution in [-0.4, -0.2) is 11.9 Å². The minimum atomic E-state index is 0.106. The van der Waals surface area contributed by atoms with E-state index < -0.39 is 0 Å². The van der Waals surface area contributed by atoms with Crippen molar-refractivity contribution in [1.29, 1.82) is 0 Å². The average Bonchev–Trinajstić information content (AvgIpc) is 2.87. The predicted molar refractivity (Wildman–Crippen MR) is 82.0 cm³/mol. The van der Waals surface area contributed by atoms with E-state index in [1.54, 1.807) is 0 Å². The van der Waals surface area contributed by atoms with Crippen LogP contribution in [0.1, 0.15) is 29.8 Å². The smallest absolute Gasteiger partial charge is 0.258 e. The van der Waals surface area contributed by atoms with Crippen LogP contribution >= 0.6 is 0 Å². The number of amides is 1. The molecule has 0 aliphatic carbocycles. The van der Waals surface area contributed by atoms with Gasteiger partial charge in [-0.1, -0.05) is 50.2 Å². The number of para-hydroxylation sites is 1. The second-order valence-electron chi connectivity index (χ2n) is 5.69. The van der Waals surface area contributed by atoms with E-state index >= 15 is 0 Å². The molecule has 0 saturated carbocycles. The largest absolute Gasteiger partial charge is 0.304 e. The third-order valence-corrected chi connectivity index (χ3v) is 4.02. The highest BCUT2D eigenvalue weighted by Gasteiger charge is 2.35. The summed E-state index contributed by atoms with van der Waals surface area (Å²) in [5.74, 6) is 0.546. The molecule has 2 aromatic carbocycles. The first-order valence-corrected chi connectivity index (χ1v) is 7.15. The van der Waals surface area contributed by atoms with Gasteiger partial charge < -0.3 is 4.90 Å². The summed E-state index contributed by atoms with van der Waals surface area (Å²) in [6.07, 6.45) is 0.951. The van der Waals surface area contributed by atoms with Crippen molar-refractivity contribution in [3.63, 3.8) is 0 Å². The van der Waals surface area contributed by atoms with Gasteiger partial charge in [0, 0.05) is 17.3 Å². The average molecular weight is 265 g/mol. The number of carbonyl (C=O) groups excluding carboxylic acids is 1. The molecule has 0 radical (unpaired) electrons. The summed E-state index contributed by atoms with van der Waals surface area (Å²) in [6.45, 7) is 4.36. The van der Waals surface area contributed by atoms with Crippen LogP contribution in [0.25, 0.3) is 0 Å². The lowest BCUT2D eigenvalue weighted by Crippen LogP contribution is -2.40. The van der Waals surface area contributed by atoms with E-state index in [-0.39, 0.29) is 11.9 Å². The number of carbonyl (C=O) groups is 1. The van der Waals surface area contributed by atoms with Crippen molar-refractivity contribution in [2.45, 2.75) is 26.3 Å². The normalized spacial score (nSPS) is 17.4. The summed E-state index contributed by atoms with van der Waals surface area (Å²) >= 11 is 0. The van der Waals surface area contributed by atoms with E-state index in [0.29, 0.717) is 5.92 Å². The molecule has 1 unspecified atom stereocenters. The first-order chi connectivity index (χ1) is 9.68. The topological polar surface area (TPSA) is 20.3 Å². The van der Waals surface area contributed by atoms with E-state index in [1.165, 1.54) is 5.56 Å². The molecule has 1 aliphatic heterocycles. The van der Waals surface area contributed by atoms with Gasteiger partial charge in [0.15, 0.2) is 0 Å². The molecule has 2 aromatic rings. The Labute approximate surface area is 120 Å². The van der Waals surface area contributed by atoms with E-state index in [0.717, 1.165) is 17.7 Å². The molecule has 0 bridgehead atoms. The molecule has 2 heteroatoms. The number of nitrogens with zero attached hydrogens (tertiary/aromatic N) is 1. The van der Waals surface area contributed by atoms with Crippen molar-refractivity contribution in [3.05, 3.63) is 65.7 Å². The summed E-state index contributed by atoms with van der Waals surface area (Å²) < 4.78 is 0. The zero-order chi connectivity index (χ0) is 14.1. The van der Waals surface area contributed by atoms with Gasteiger partial charge in [-0.2, -0.15) is 0 Å². The number of benzene rings is 2. The maximum absolute atomic E-state index is 12.9. The zero-order valence-corrected chi connectivity index (χ0v) is 11.9. The van der Waals surface area contributed by atoms with Crippen LogP contribution in [0.15, 0.2) is 54.6 Å². The Bertz CT molecular complexity index is 618. The number of rotatable bonds is 2. The number of hydrogen-bond acceptors (Lipinski definition) is 1. The Morgan fingerprint density at radius 3 is 2.40 bits per heavy atom. The molecule has 1 heterocycles. The second kappa shape index (κ2) is 5.12. The number of fused-ring (bicyclic) bond motifs is 1. The van der Waals surface area contributed by atoms with Gasteiger partial charge in [-0.05, 0) is 36.1 Å². The highest BCUT2D eigenvalue weighted by Crippen LogP contribution is 2.36. The molecule has 2 nitrogen and oxygen atoms in total. The van der Waals surface area contributed by atoms with Gasteiger partial charge in [0.2, 0.25) is 0 Å². The quantitative estimate of drug-likeness (QED) is 0.806. The SMILES string of the molecule is CC(C)C1Cc2ccccc2N1C(=O)c1ccccc1. The Balaban J connectivity index is 2.03. The standard InChI is InChI=1S/C18H19NO/c1-13(2)17-12-15-10-6-7-11-16(15)19(17)18(20)14-8-4-3-5-9-14/h3-11,13,17H,12H2,1-2H3. The number of hydrogen-bond donors (Lipinski definition) is 0. The van der Waals surface area contributed by atoms with Crippen LogP contribution in [0.5, 0.6) is 0 Å². The van der Waals surface area contributed by atoms with Crippen molar-refractivity contribution in [3.8, 4) is 0 Å². The lowest BCUT2D eigenvalue weighted by molar-refractivity contribution is 0.0973. The summed E-state index contributed by atoms with van der Waals surface area (Å²) in [5, 5.41) is 0. The molecule has 1 atom stereocenters. The Kier molecular flexibility index (Phi) is 3.31. The molecule has 1 amide bonds. The third-order valence-electron chi connectivity index (χ3n) is 4.02. The molecule has 0 fully saturated rings. The van der Waals surface area contributed by atoms with E-state index in [1.807, 2.05) is 47.4 Å². The fourth-order valence-corrected chi connectivity index (χ4v) is 2.93. The fraction of sp³-hybridized carbons (Fsp3) is 0.278. The van der Waals surface area contributed by atoms with Crippen LogP contribution in [0.2, 0.25) is 0 Å². The molecule has 1 aliphatic rings. The summed E-state index contributed by atoms with van der Waals surface area (Å²) in [6, 6.07) is 18.0. The maximum atomic E-state index is 12.9. The first kappa shape index (κ1) is 12.9. The summed E-state index contributed by atoms with van der Waals surface area (Å²) in [4.78, 5) is 14.8. The van der Waals surface area contributed by atoms with Crippen molar-refractivity contribution in [2.75, 3.05) is 4.90 Å². The number of anilines is 1. The molecular weight excluding hydrogens is 246 g/mol.